The van der Waals surface area contributed by atoms with Crippen LogP contribution in [0.25, 0.3) is 0 Å². The number of hydrogen-bond donors (Lipinski definition) is 1. The molecule has 0 spiro atoms. The Morgan fingerprint density at radius 3 is 2.53 bits per heavy atom. The molecule has 0 amide bonds. The highest BCUT2D eigenvalue weighted by atomic mass is 19.1. The molecule has 2 atom stereocenters. The standard InChI is InChI=1S/C23H29F2N3O2/c1-15(18(9-12-29)23-19(24)13-17(30-3)14-20(23)25)28(2)22-6-4-5-21(27-22)16-7-10-26-11-8-16/h4-6,12-16,18,26H,7-11H2,1-3H3. The van der Waals surface area contributed by atoms with E-state index in [0.717, 1.165) is 49.6 Å². The molecule has 0 saturated carbocycles. The summed E-state index contributed by atoms with van der Waals surface area (Å²) in [4.78, 5) is 18.1. The van der Waals surface area contributed by atoms with E-state index in [1.807, 2.05) is 37.1 Å². The zero-order valence-corrected chi connectivity index (χ0v) is 17.7. The number of likely N-dealkylation sites (N-methyl/N-ethyl adjacent to an activating group) is 1. The SMILES string of the molecule is COc1cc(F)c(C(CC=O)C(C)N(C)c2cccc(C3CCNCC3)n2)c(F)c1. The number of pyridine rings is 1. The van der Waals surface area contributed by atoms with Crippen LogP contribution in [0, 0.1) is 11.6 Å². The molecule has 162 valence electrons. The molecule has 1 saturated heterocycles. The maximum absolute atomic E-state index is 14.7. The van der Waals surface area contributed by atoms with Gasteiger partial charge in [-0.2, -0.15) is 0 Å². The highest BCUT2D eigenvalue weighted by Gasteiger charge is 2.29. The molecule has 2 heterocycles. The number of hydrogen-bond acceptors (Lipinski definition) is 5. The molecule has 1 fully saturated rings. The van der Waals surface area contributed by atoms with E-state index in [-0.39, 0.29) is 23.8 Å². The molecule has 1 aliphatic heterocycles. The molecule has 30 heavy (non-hydrogen) atoms. The topological polar surface area (TPSA) is 54.5 Å². The van der Waals surface area contributed by atoms with Crippen LogP contribution >= 0.6 is 0 Å². The van der Waals surface area contributed by atoms with Gasteiger partial charge in [0.15, 0.2) is 0 Å². The van der Waals surface area contributed by atoms with Crippen molar-refractivity contribution in [3.8, 4) is 5.75 Å². The zero-order chi connectivity index (χ0) is 21.7. The summed E-state index contributed by atoms with van der Waals surface area (Å²) < 4.78 is 34.4. The first kappa shape index (κ1) is 22.2. The third-order valence-electron chi connectivity index (χ3n) is 6.08. The fourth-order valence-electron chi connectivity index (χ4n) is 4.15. The summed E-state index contributed by atoms with van der Waals surface area (Å²) in [6.07, 6.45) is 2.77. The molecule has 3 rings (SSSR count). The average molecular weight is 418 g/mol. The number of nitrogens with one attached hydrogen (secondary N) is 1. The first-order chi connectivity index (χ1) is 14.5. The van der Waals surface area contributed by atoms with Crippen molar-refractivity contribution >= 4 is 12.1 Å². The summed E-state index contributed by atoms with van der Waals surface area (Å²) in [6, 6.07) is 7.83. The van der Waals surface area contributed by atoms with E-state index in [1.54, 1.807) is 0 Å². The van der Waals surface area contributed by atoms with Crippen LogP contribution in [-0.4, -0.2) is 44.6 Å². The van der Waals surface area contributed by atoms with Gasteiger partial charge in [-0.1, -0.05) is 6.07 Å². The van der Waals surface area contributed by atoms with Gasteiger partial charge < -0.3 is 19.7 Å². The summed E-state index contributed by atoms with van der Waals surface area (Å²) in [5.74, 6) is -0.856. The molecule has 2 unspecified atom stereocenters. The van der Waals surface area contributed by atoms with Gasteiger partial charge >= 0.3 is 0 Å². The Hall–Kier alpha value is -2.54. The number of halogens is 2. The number of carbonyl (C=O) groups excluding carboxylic acids is 1. The van der Waals surface area contributed by atoms with E-state index in [0.29, 0.717) is 12.2 Å². The summed E-state index contributed by atoms with van der Waals surface area (Å²) in [5, 5.41) is 3.35. The molecule has 0 aliphatic carbocycles. The van der Waals surface area contributed by atoms with Crippen molar-refractivity contribution in [2.75, 3.05) is 32.1 Å². The van der Waals surface area contributed by atoms with Crippen LogP contribution in [0.5, 0.6) is 5.75 Å². The number of anilines is 1. The van der Waals surface area contributed by atoms with Gasteiger partial charge in [0, 0.05) is 54.7 Å². The van der Waals surface area contributed by atoms with Gasteiger partial charge in [0.25, 0.3) is 0 Å². The maximum Gasteiger partial charge on any atom is 0.133 e. The Balaban J connectivity index is 1.89. The Morgan fingerprint density at radius 1 is 1.27 bits per heavy atom. The normalized spacial score (nSPS) is 16.7. The van der Waals surface area contributed by atoms with Crippen LogP contribution in [0.15, 0.2) is 30.3 Å². The molecule has 2 aromatic rings. The number of aldehydes is 1. The minimum absolute atomic E-state index is 0.000337. The highest BCUT2D eigenvalue weighted by molar-refractivity contribution is 5.53. The predicted octanol–water partition coefficient (Wildman–Crippen LogP) is 4.03. The molecule has 1 aliphatic rings. The average Bonchev–Trinajstić information content (AvgIpc) is 2.77. The summed E-state index contributed by atoms with van der Waals surface area (Å²) in [5.41, 5.74) is 0.929. The molecule has 1 N–H and O–H groups in total. The molecule has 0 bridgehead atoms. The minimum Gasteiger partial charge on any atom is -0.497 e. The van der Waals surface area contributed by atoms with Crippen molar-refractivity contribution in [3.63, 3.8) is 0 Å². The van der Waals surface area contributed by atoms with E-state index < -0.39 is 17.6 Å². The summed E-state index contributed by atoms with van der Waals surface area (Å²) in [6.45, 7) is 3.80. The van der Waals surface area contributed by atoms with Crippen LogP contribution in [0.4, 0.5) is 14.6 Å². The van der Waals surface area contributed by atoms with Crippen LogP contribution in [0.1, 0.15) is 49.3 Å². The lowest BCUT2D eigenvalue weighted by molar-refractivity contribution is -0.108. The molecule has 1 aromatic heterocycles. The van der Waals surface area contributed by atoms with Gasteiger partial charge in [0.1, 0.15) is 29.5 Å². The van der Waals surface area contributed by atoms with Gasteiger partial charge in [-0.15, -0.1) is 0 Å². The molecule has 1 aromatic carbocycles. The molecule has 0 radical (unpaired) electrons. The predicted molar refractivity (Wildman–Crippen MR) is 113 cm³/mol. The van der Waals surface area contributed by atoms with Crippen molar-refractivity contribution in [2.45, 2.75) is 44.1 Å². The number of piperidine rings is 1. The summed E-state index contributed by atoms with van der Waals surface area (Å²) in [7, 11) is 3.20. The van der Waals surface area contributed by atoms with E-state index in [2.05, 4.69) is 5.32 Å². The van der Waals surface area contributed by atoms with Crippen LogP contribution in [0.2, 0.25) is 0 Å². The number of nitrogens with zero attached hydrogens (tertiary/aromatic N) is 2. The number of aromatic nitrogens is 1. The van der Waals surface area contributed by atoms with Crippen molar-refractivity contribution < 1.29 is 18.3 Å². The number of methoxy groups -OCH3 is 1. The van der Waals surface area contributed by atoms with E-state index >= 15 is 0 Å². The first-order valence-electron chi connectivity index (χ1n) is 10.3. The van der Waals surface area contributed by atoms with Crippen molar-refractivity contribution in [1.29, 1.82) is 0 Å². The summed E-state index contributed by atoms with van der Waals surface area (Å²) >= 11 is 0. The van der Waals surface area contributed by atoms with Gasteiger partial charge in [0.05, 0.1) is 7.11 Å². The van der Waals surface area contributed by atoms with Gasteiger partial charge in [-0.05, 0) is 45.0 Å². The van der Waals surface area contributed by atoms with Gasteiger partial charge in [-0.3, -0.25) is 0 Å². The number of carbonyl (C=O) groups is 1. The van der Waals surface area contributed by atoms with Gasteiger partial charge in [0.2, 0.25) is 0 Å². The smallest absolute Gasteiger partial charge is 0.133 e. The molecular weight excluding hydrogens is 388 g/mol. The third-order valence-corrected chi connectivity index (χ3v) is 6.08. The van der Waals surface area contributed by atoms with E-state index in [9.17, 15) is 13.6 Å². The van der Waals surface area contributed by atoms with Crippen LogP contribution < -0.4 is 15.0 Å². The zero-order valence-electron chi connectivity index (χ0n) is 17.7. The fourth-order valence-corrected chi connectivity index (χ4v) is 4.15. The van der Waals surface area contributed by atoms with Crippen LogP contribution in [-0.2, 0) is 4.79 Å². The van der Waals surface area contributed by atoms with Crippen LogP contribution in [0.3, 0.4) is 0 Å². The number of rotatable bonds is 8. The highest BCUT2D eigenvalue weighted by Crippen LogP contribution is 2.34. The molecule has 5 nitrogen and oxygen atoms in total. The lowest BCUT2D eigenvalue weighted by Gasteiger charge is -2.33. The Bertz CT molecular complexity index is 848. The number of ether oxygens (including phenoxy) is 1. The second kappa shape index (κ2) is 9.98. The van der Waals surface area contributed by atoms with Crippen molar-refractivity contribution in [1.82, 2.24) is 10.3 Å². The van der Waals surface area contributed by atoms with Gasteiger partial charge in [-0.25, -0.2) is 13.8 Å². The lowest BCUT2D eigenvalue weighted by atomic mass is 9.88. The Morgan fingerprint density at radius 2 is 1.93 bits per heavy atom. The second-order valence-corrected chi connectivity index (χ2v) is 7.81. The monoisotopic (exact) mass is 417 g/mol. The van der Waals surface area contributed by atoms with Crippen molar-refractivity contribution in [2.24, 2.45) is 0 Å². The molecular formula is C23H29F2N3O2. The third kappa shape index (κ3) is 4.78. The lowest BCUT2D eigenvalue weighted by Crippen LogP contribution is -2.36. The number of benzene rings is 1. The first-order valence-corrected chi connectivity index (χ1v) is 10.3. The largest absolute Gasteiger partial charge is 0.497 e. The quantitative estimate of drug-likeness (QED) is 0.657. The molecule has 7 heteroatoms. The van der Waals surface area contributed by atoms with E-state index in [1.165, 1.54) is 7.11 Å². The fraction of sp³-hybridized carbons (Fsp3) is 0.478. The van der Waals surface area contributed by atoms with E-state index in [4.69, 9.17) is 9.72 Å². The maximum atomic E-state index is 14.7. The van der Waals surface area contributed by atoms with Crippen molar-refractivity contribution in [3.05, 3.63) is 53.2 Å². The minimum atomic E-state index is -0.713. The Kier molecular flexibility index (Phi) is 7.37. The Labute approximate surface area is 176 Å². The second-order valence-electron chi connectivity index (χ2n) is 7.81.